The SMILES string of the molecule is O=C(NC1CCCCC1)[C@H](c1ccccc1)N(C(=O)c1ccco1)C1CC1. The summed E-state index contributed by atoms with van der Waals surface area (Å²) in [6.07, 6.45) is 8.92. The Hall–Kier alpha value is -2.56. The first-order valence-electron chi connectivity index (χ1n) is 9.95. The Morgan fingerprint density at radius 1 is 0.963 bits per heavy atom. The van der Waals surface area contributed by atoms with Crippen LogP contribution >= 0.6 is 0 Å². The zero-order valence-corrected chi connectivity index (χ0v) is 15.5. The van der Waals surface area contributed by atoms with E-state index in [0.717, 1.165) is 44.1 Å². The second kappa shape index (κ2) is 7.99. The predicted octanol–water partition coefficient (Wildman–Crippen LogP) is 4.07. The van der Waals surface area contributed by atoms with Crippen molar-refractivity contribution in [2.45, 2.75) is 63.1 Å². The van der Waals surface area contributed by atoms with Gasteiger partial charge >= 0.3 is 0 Å². The highest BCUT2D eigenvalue weighted by Crippen LogP contribution is 2.36. The zero-order chi connectivity index (χ0) is 18.6. The Bertz CT molecular complexity index is 762. The Kier molecular flexibility index (Phi) is 5.28. The van der Waals surface area contributed by atoms with Crippen LogP contribution in [0.2, 0.25) is 0 Å². The van der Waals surface area contributed by atoms with Gasteiger partial charge in [0, 0.05) is 12.1 Å². The van der Waals surface area contributed by atoms with E-state index in [-0.39, 0.29) is 29.7 Å². The van der Waals surface area contributed by atoms with E-state index < -0.39 is 6.04 Å². The van der Waals surface area contributed by atoms with Crippen LogP contribution in [0.25, 0.3) is 0 Å². The molecule has 4 rings (SSSR count). The molecule has 2 aliphatic rings. The molecular weight excluding hydrogens is 340 g/mol. The molecule has 2 fully saturated rings. The number of benzene rings is 1. The number of rotatable bonds is 6. The molecule has 2 saturated carbocycles. The van der Waals surface area contributed by atoms with Gasteiger partial charge in [0.25, 0.3) is 5.91 Å². The smallest absolute Gasteiger partial charge is 0.290 e. The number of hydrogen-bond acceptors (Lipinski definition) is 3. The van der Waals surface area contributed by atoms with Gasteiger partial charge in [-0.2, -0.15) is 0 Å². The average Bonchev–Trinajstić information content (AvgIpc) is 3.38. The number of furan rings is 1. The van der Waals surface area contributed by atoms with E-state index in [0.29, 0.717) is 0 Å². The van der Waals surface area contributed by atoms with E-state index in [4.69, 9.17) is 4.42 Å². The number of nitrogens with zero attached hydrogens (tertiary/aromatic N) is 1. The molecule has 0 unspecified atom stereocenters. The molecule has 0 saturated heterocycles. The summed E-state index contributed by atoms with van der Waals surface area (Å²) >= 11 is 0. The van der Waals surface area contributed by atoms with E-state index in [1.165, 1.54) is 12.7 Å². The minimum Gasteiger partial charge on any atom is -0.459 e. The van der Waals surface area contributed by atoms with Crippen LogP contribution in [0, 0.1) is 0 Å². The Morgan fingerprint density at radius 2 is 1.70 bits per heavy atom. The van der Waals surface area contributed by atoms with Crippen LogP contribution in [-0.4, -0.2) is 28.8 Å². The van der Waals surface area contributed by atoms with Gasteiger partial charge in [-0.1, -0.05) is 49.6 Å². The van der Waals surface area contributed by atoms with E-state index in [2.05, 4.69) is 5.32 Å². The summed E-state index contributed by atoms with van der Waals surface area (Å²) in [7, 11) is 0. The van der Waals surface area contributed by atoms with Crippen LogP contribution in [0.15, 0.2) is 53.1 Å². The van der Waals surface area contributed by atoms with E-state index in [1.807, 2.05) is 30.3 Å². The van der Waals surface area contributed by atoms with Gasteiger partial charge in [-0.15, -0.1) is 0 Å². The molecule has 0 radical (unpaired) electrons. The quantitative estimate of drug-likeness (QED) is 0.838. The van der Waals surface area contributed by atoms with E-state index >= 15 is 0 Å². The van der Waals surface area contributed by atoms with Gasteiger partial charge < -0.3 is 14.6 Å². The molecule has 142 valence electrons. The fraction of sp³-hybridized carbons (Fsp3) is 0.455. The molecule has 2 amide bonds. The lowest BCUT2D eigenvalue weighted by atomic mass is 9.94. The molecule has 2 aromatic rings. The standard InChI is InChI=1S/C22H26N2O3/c25-21(23-17-10-5-2-6-11-17)20(16-8-3-1-4-9-16)24(18-13-14-18)22(26)19-12-7-15-27-19/h1,3-4,7-9,12,15,17-18,20H,2,5-6,10-11,13-14H2,(H,23,25)/t20-/m0/s1. The Balaban J connectivity index is 1.63. The summed E-state index contributed by atoms with van der Waals surface area (Å²) in [6, 6.07) is 12.6. The molecule has 1 N–H and O–H groups in total. The van der Waals surface area contributed by atoms with Crippen molar-refractivity contribution in [2.75, 3.05) is 0 Å². The summed E-state index contributed by atoms with van der Waals surface area (Å²) in [5, 5.41) is 3.22. The molecule has 0 bridgehead atoms. The highest BCUT2D eigenvalue weighted by atomic mass is 16.3. The van der Waals surface area contributed by atoms with Crippen LogP contribution in [0.4, 0.5) is 0 Å². The molecule has 5 nitrogen and oxygen atoms in total. The van der Waals surface area contributed by atoms with Crippen LogP contribution in [0.1, 0.15) is 67.1 Å². The van der Waals surface area contributed by atoms with Crippen molar-refractivity contribution in [3.63, 3.8) is 0 Å². The first-order valence-corrected chi connectivity index (χ1v) is 9.95. The van der Waals surface area contributed by atoms with Crippen molar-refractivity contribution < 1.29 is 14.0 Å². The molecule has 1 aromatic heterocycles. The fourth-order valence-corrected chi connectivity index (χ4v) is 3.97. The van der Waals surface area contributed by atoms with E-state index in [9.17, 15) is 9.59 Å². The third-order valence-electron chi connectivity index (χ3n) is 5.50. The molecule has 1 heterocycles. The van der Waals surface area contributed by atoms with Gasteiger partial charge in [-0.25, -0.2) is 0 Å². The minimum atomic E-state index is -0.627. The number of hydrogen-bond donors (Lipinski definition) is 1. The Morgan fingerprint density at radius 3 is 2.33 bits per heavy atom. The summed E-state index contributed by atoms with van der Waals surface area (Å²) in [5.74, 6) is -0.0108. The second-order valence-electron chi connectivity index (χ2n) is 7.58. The highest BCUT2D eigenvalue weighted by Gasteiger charge is 2.42. The van der Waals surface area contributed by atoms with Gasteiger partial charge in [0.2, 0.25) is 5.91 Å². The van der Waals surface area contributed by atoms with Crippen LogP contribution in [0.3, 0.4) is 0 Å². The number of nitrogens with one attached hydrogen (secondary N) is 1. The van der Waals surface area contributed by atoms with E-state index in [1.54, 1.807) is 17.0 Å². The first-order chi connectivity index (χ1) is 13.2. The maximum atomic E-state index is 13.3. The van der Waals surface area contributed by atoms with Crippen LogP contribution < -0.4 is 5.32 Å². The third-order valence-corrected chi connectivity index (χ3v) is 5.50. The van der Waals surface area contributed by atoms with Crippen LogP contribution in [-0.2, 0) is 4.79 Å². The average molecular weight is 366 g/mol. The lowest BCUT2D eigenvalue weighted by Crippen LogP contribution is -2.47. The largest absolute Gasteiger partial charge is 0.459 e. The monoisotopic (exact) mass is 366 g/mol. The lowest BCUT2D eigenvalue weighted by molar-refractivity contribution is -0.127. The number of carbonyl (C=O) groups excluding carboxylic acids is 2. The summed E-state index contributed by atoms with van der Waals surface area (Å²) in [5.41, 5.74) is 0.845. The number of carbonyl (C=O) groups is 2. The molecule has 5 heteroatoms. The van der Waals surface area contributed by atoms with Crippen molar-refractivity contribution in [2.24, 2.45) is 0 Å². The maximum absolute atomic E-state index is 13.3. The van der Waals surface area contributed by atoms with Crippen molar-refractivity contribution in [3.8, 4) is 0 Å². The molecule has 0 aliphatic heterocycles. The highest BCUT2D eigenvalue weighted by molar-refractivity contribution is 5.96. The van der Waals surface area contributed by atoms with Crippen molar-refractivity contribution >= 4 is 11.8 Å². The normalized spacial score (nSPS) is 18.7. The molecule has 0 spiro atoms. The molecule has 1 aromatic carbocycles. The summed E-state index contributed by atoms with van der Waals surface area (Å²) in [6.45, 7) is 0. The van der Waals surface area contributed by atoms with Crippen molar-refractivity contribution in [3.05, 3.63) is 60.1 Å². The van der Waals surface area contributed by atoms with Gasteiger partial charge in [0.05, 0.1) is 6.26 Å². The lowest BCUT2D eigenvalue weighted by Gasteiger charge is -2.33. The van der Waals surface area contributed by atoms with Gasteiger partial charge in [0.1, 0.15) is 6.04 Å². The molecule has 2 aliphatic carbocycles. The molecule has 27 heavy (non-hydrogen) atoms. The first kappa shape index (κ1) is 17.8. The molecular formula is C22H26N2O3. The Labute approximate surface area is 159 Å². The van der Waals surface area contributed by atoms with Crippen molar-refractivity contribution in [1.82, 2.24) is 10.2 Å². The third kappa shape index (κ3) is 4.07. The summed E-state index contributed by atoms with van der Waals surface area (Å²) < 4.78 is 5.35. The number of amides is 2. The molecule has 1 atom stereocenters. The topological polar surface area (TPSA) is 62.6 Å². The maximum Gasteiger partial charge on any atom is 0.290 e. The van der Waals surface area contributed by atoms with Gasteiger partial charge in [-0.05, 0) is 43.4 Å². The minimum absolute atomic E-state index is 0.0834. The fourth-order valence-electron chi connectivity index (χ4n) is 3.97. The zero-order valence-electron chi connectivity index (χ0n) is 15.5. The second-order valence-corrected chi connectivity index (χ2v) is 7.58. The van der Waals surface area contributed by atoms with Gasteiger partial charge in [-0.3, -0.25) is 9.59 Å². The van der Waals surface area contributed by atoms with Crippen molar-refractivity contribution in [1.29, 1.82) is 0 Å². The summed E-state index contributed by atoms with van der Waals surface area (Å²) in [4.78, 5) is 28.2. The van der Waals surface area contributed by atoms with Crippen LogP contribution in [0.5, 0.6) is 0 Å². The van der Waals surface area contributed by atoms with Gasteiger partial charge in [0.15, 0.2) is 5.76 Å². The predicted molar refractivity (Wildman–Crippen MR) is 102 cm³/mol.